The summed E-state index contributed by atoms with van der Waals surface area (Å²) in [5.74, 6) is 1.04. The summed E-state index contributed by atoms with van der Waals surface area (Å²) in [5.41, 5.74) is 0.444. The third-order valence-corrected chi connectivity index (χ3v) is 5.22. The zero-order valence-electron chi connectivity index (χ0n) is 16.0. The van der Waals surface area contributed by atoms with Crippen molar-refractivity contribution in [2.24, 2.45) is 17.8 Å². The summed E-state index contributed by atoms with van der Waals surface area (Å²) < 4.78 is 7.42. The van der Waals surface area contributed by atoms with Crippen LogP contribution in [0, 0.1) is 17.8 Å². The fourth-order valence-corrected chi connectivity index (χ4v) is 3.46. The molecular formula is C20H31N2O4+. The Morgan fingerprint density at radius 2 is 2.15 bits per heavy atom. The molecule has 1 aromatic heterocycles. The SMILES string of the molecule is CC(C)[C@H]1CC[C@@H](C)[C@@H](OC(=O)C[n+]2cccc(C(=O)NCCO)c2)C1. The fraction of sp³-hybridized carbons (Fsp3) is 0.650. The number of hydrogen-bond acceptors (Lipinski definition) is 4. The Balaban J connectivity index is 1.93. The molecule has 6 heteroatoms. The van der Waals surface area contributed by atoms with Crippen molar-refractivity contribution in [3.63, 3.8) is 0 Å². The normalized spacial score (nSPS) is 22.9. The Hall–Kier alpha value is -1.95. The number of esters is 1. The summed E-state index contributed by atoms with van der Waals surface area (Å²) in [6.45, 7) is 6.77. The number of ether oxygens (including phenoxy) is 1. The highest BCUT2D eigenvalue weighted by Gasteiger charge is 2.32. The van der Waals surface area contributed by atoms with Gasteiger partial charge in [-0.25, -0.2) is 4.79 Å². The van der Waals surface area contributed by atoms with E-state index in [9.17, 15) is 9.59 Å². The first-order valence-corrected chi connectivity index (χ1v) is 9.48. The number of rotatable bonds is 7. The highest BCUT2D eigenvalue weighted by molar-refractivity contribution is 5.93. The summed E-state index contributed by atoms with van der Waals surface area (Å²) in [4.78, 5) is 24.3. The van der Waals surface area contributed by atoms with Gasteiger partial charge >= 0.3 is 5.97 Å². The smallest absolute Gasteiger partial charge is 0.372 e. The van der Waals surface area contributed by atoms with Gasteiger partial charge in [-0.05, 0) is 43.1 Å². The molecule has 144 valence electrons. The van der Waals surface area contributed by atoms with Crippen molar-refractivity contribution >= 4 is 11.9 Å². The summed E-state index contributed by atoms with van der Waals surface area (Å²) >= 11 is 0. The molecule has 26 heavy (non-hydrogen) atoms. The molecule has 0 bridgehead atoms. The number of amides is 1. The number of aliphatic hydroxyl groups excluding tert-OH is 1. The minimum atomic E-state index is -0.276. The van der Waals surface area contributed by atoms with E-state index in [0.717, 1.165) is 12.8 Å². The number of hydrogen-bond donors (Lipinski definition) is 2. The Kier molecular flexibility index (Phi) is 7.57. The van der Waals surface area contributed by atoms with Crippen molar-refractivity contribution in [2.45, 2.75) is 52.7 Å². The van der Waals surface area contributed by atoms with E-state index in [4.69, 9.17) is 9.84 Å². The van der Waals surface area contributed by atoms with Crippen LogP contribution in [0.2, 0.25) is 0 Å². The van der Waals surface area contributed by atoms with Crippen LogP contribution in [-0.2, 0) is 16.1 Å². The molecule has 1 amide bonds. The molecule has 0 radical (unpaired) electrons. The molecule has 1 aromatic rings. The maximum absolute atomic E-state index is 12.4. The van der Waals surface area contributed by atoms with Crippen LogP contribution in [0.4, 0.5) is 0 Å². The molecule has 0 aliphatic heterocycles. The number of nitrogens with zero attached hydrogens (tertiary/aromatic N) is 1. The zero-order chi connectivity index (χ0) is 19.1. The maximum atomic E-state index is 12.4. The lowest BCUT2D eigenvalue weighted by Crippen LogP contribution is -2.42. The predicted octanol–water partition coefficient (Wildman–Crippen LogP) is 1.70. The number of carbonyl (C=O) groups excluding carboxylic acids is 2. The van der Waals surface area contributed by atoms with Crippen LogP contribution >= 0.6 is 0 Å². The van der Waals surface area contributed by atoms with Gasteiger partial charge in [0.05, 0.1) is 6.61 Å². The minimum absolute atomic E-state index is 0.0275. The second-order valence-corrected chi connectivity index (χ2v) is 7.57. The molecular weight excluding hydrogens is 332 g/mol. The highest BCUT2D eigenvalue weighted by atomic mass is 16.5. The van der Waals surface area contributed by atoms with E-state index in [-0.39, 0.29) is 37.7 Å². The first kappa shape index (κ1) is 20.4. The Labute approximate surface area is 155 Å². The van der Waals surface area contributed by atoms with Crippen molar-refractivity contribution in [3.8, 4) is 0 Å². The molecule has 1 aliphatic rings. The molecule has 1 heterocycles. The molecule has 2 N–H and O–H groups in total. The van der Waals surface area contributed by atoms with Gasteiger partial charge in [0.2, 0.25) is 6.54 Å². The average molecular weight is 363 g/mol. The number of pyridine rings is 1. The Morgan fingerprint density at radius 1 is 1.38 bits per heavy atom. The number of aliphatic hydroxyl groups is 1. The third-order valence-electron chi connectivity index (χ3n) is 5.22. The summed E-state index contributed by atoms with van der Waals surface area (Å²) in [5, 5.41) is 11.4. The average Bonchev–Trinajstić information content (AvgIpc) is 2.61. The lowest BCUT2D eigenvalue weighted by Gasteiger charge is -2.35. The van der Waals surface area contributed by atoms with Gasteiger partial charge in [0.25, 0.3) is 5.91 Å². The first-order chi connectivity index (χ1) is 12.4. The van der Waals surface area contributed by atoms with E-state index in [2.05, 4.69) is 26.1 Å². The molecule has 0 spiro atoms. The van der Waals surface area contributed by atoms with Crippen molar-refractivity contribution in [1.82, 2.24) is 5.32 Å². The van der Waals surface area contributed by atoms with Gasteiger partial charge in [-0.1, -0.05) is 20.8 Å². The quantitative estimate of drug-likeness (QED) is 0.571. The van der Waals surface area contributed by atoms with Crippen molar-refractivity contribution < 1.29 is 24.0 Å². The van der Waals surface area contributed by atoms with Gasteiger partial charge in [-0.2, -0.15) is 4.57 Å². The second-order valence-electron chi connectivity index (χ2n) is 7.57. The summed E-state index contributed by atoms with van der Waals surface area (Å²) in [7, 11) is 0. The number of carbonyl (C=O) groups is 2. The lowest BCUT2D eigenvalue weighted by atomic mass is 9.76. The Bertz CT molecular complexity index is 618. The van der Waals surface area contributed by atoms with Gasteiger partial charge in [0, 0.05) is 12.6 Å². The molecule has 0 aromatic carbocycles. The molecule has 1 fully saturated rings. The van der Waals surface area contributed by atoms with E-state index >= 15 is 0 Å². The number of nitrogens with one attached hydrogen (secondary N) is 1. The van der Waals surface area contributed by atoms with E-state index in [1.807, 2.05) is 0 Å². The third kappa shape index (κ3) is 5.80. The molecule has 1 saturated carbocycles. The maximum Gasteiger partial charge on any atom is 0.372 e. The van der Waals surface area contributed by atoms with E-state index < -0.39 is 0 Å². The van der Waals surface area contributed by atoms with Crippen molar-refractivity contribution in [1.29, 1.82) is 0 Å². The van der Waals surface area contributed by atoms with Crippen molar-refractivity contribution in [3.05, 3.63) is 30.1 Å². The number of aromatic nitrogens is 1. The van der Waals surface area contributed by atoms with Gasteiger partial charge in [0.15, 0.2) is 12.4 Å². The molecule has 0 unspecified atom stereocenters. The molecule has 3 atom stereocenters. The fourth-order valence-electron chi connectivity index (χ4n) is 3.46. The van der Waals surface area contributed by atoms with E-state index in [0.29, 0.717) is 23.3 Å². The van der Waals surface area contributed by atoms with Crippen LogP contribution in [0.3, 0.4) is 0 Å². The van der Waals surface area contributed by atoms with Gasteiger partial charge in [-0.15, -0.1) is 0 Å². The van der Waals surface area contributed by atoms with E-state index in [1.54, 1.807) is 29.1 Å². The predicted molar refractivity (Wildman–Crippen MR) is 97.3 cm³/mol. The highest BCUT2D eigenvalue weighted by Crippen LogP contribution is 2.34. The second kappa shape index (κ2) is 9.67. The Morgan fingerprint density at radius 3 is 2.85 bits per heavy atom. The van der Waals surface area contributed by atoms with Gasteiger partial charge in [-0.3, -0.25) is 4.79 Å². The molecule has 2 rings (SSSR count). The lowest BCUT2D eigenvalue weighted by molar-refractivity contribution is -0.686. The summed E-state index contributed by atoms with van der Waals surface area (Å²) in [6, 6.07) is 3.39. The molecule has 6 nitrogen and oxygen atoms in total. The van der Waals surface area contributed by atoms with Crippen LogP contribution in [-0.4, -0.2) is 36.2 Å². The molecule has 1 aliphatic carbocycles. The van der Waals surface area contributed by atoms with Crippen LogP contribution in [0.15, 0.2) is 24.5 Å². The standard InChI is InChI=1S/C20H30N2O4/c1-14(2)16-7-6-15(3)18(11-16)26-19(24)13-22-9-4-5-17(12-22)20(25)21-8-10-23/h4-5,9,12,14-16,18,23H,6-8,10-11,13H2,1-3H3/p+1/t15-,16+,18+/m1/s1. The minimum Gasteiger partial charge on any atom is -0.457 e. The van der Waals surface area contributed by atoms with Gasteiger partial charge < -0.3 is 15.2 Å². The summed E-state index contributed by atoms with van der Waals surface area (Å²) in [6.07, 6.45) is 6.56. The van der Waals surface area contributed by atoms with Crippen LogP contribution < -0.4 is 9.88 Å². The van der Waals surface area contributed by atoms with Gasteiger partial charge in [0.1, 0.15) is 11.7 Å². The first-order valence-electron chi connectivity index (χ1n) is 9.48. The topological polar surface area (TPSA) is 79.5 Å². The van der Waals surface area contributed by atoms with E-state index in [1.165, 1.54) is 6.42 Å². The van der Waals surface area contributed by atoms with Crippen LogP contribution in [0.1, 0.15) is 50.4 Å². The molecule has 0 saturated heterocycles. The zero-order valence-corrected chi connectivity index (χ0v) is 16.0. The van der Waals surface area contributed by atoms with Crippen LogP contribution in [0.5, 0.6) is 0 Å². The monoisotopic (exact) mass is 363 g/mol. The largest absolute Gasteiger partial charge is 0.457 e. The van der Waals surface area contributed by atoms with Crippen LogP contribution in [0.25, 0.3) is 0 Å². The van der Waals surface area contributed by atoms with Crippen molar-refractivity contribution in [2.75, 3.05) is 13.2 Å².